The molecule has 1 aliphatic heterocycles. The summed E-state index contributed by atoms with van der Waals surface area (Å²) in [6.07, 6.45) is 12.9. The van der Waals surface area contributed by atoms with Crippen molar-refractivity contribution < 1.29 is 9.90 Å². The fraction of sp³-hybridized carbons (Fsp3) is 0.464. The summed E-state index contributed by atoms with van der Waals surface area (Å²) in [7, 11) is 0. The van der Waals surface area contributed by atoms with E-state index < -0.39 is 5.97 Å². The molecule has 0 radical (unpaired) electrons. The molecular formula is C28H36N2O2. The van der Waals surface area contributed by atoms with E-state index in [-0.39, 0.29) is 0 Å². The highest BCUT2D eigenvalue weighted by molar-refractivity contribution is 5.88. The van der Waals surface area contributed by atoms with E-state index in [1.165, 1.54) is 49.8 Å². The third-order valence-electron chi connectivity index (χ3n) is 7.43. The normalized spacial score (nSPS) is 22.5. The van der Waals surface area contributed by atoms with Gasteiger partial charge in [-0.1, -0.05) is 42.4 Å². The van der Waals surface area contributed by atoms with Crippen LogP contribution in [-0.2, 0) is 0 Å². The van der Waals surface area contributed by atoms with Crippen LogP contribution in [0.4, 0.5) is 0 Å². The molecule has 0 saturated heterocycles. The van der Waals surface area contributed by atoms with Crippen LogP contribution in [0.15, 0.2) is 64.4 Å². The zero-order chi connectivity index (χ0) is 22.7. The van der Waals surface area contributed by atoms with Gasteiger partial charge in [0.2, 0.25) is 0 Å². The largest absolute Gasteiger partial charge is 0.478 e. The topological polar surface area (TPSA) is 52.6 Å². The van der Waals surface area contributed by atoms with E-state index in [1.807, 2.05) is 25.1 Å². The van der Waals surface area contributed by atoms with Gasteiger partial charge in [-0.25, -0.2) is 4.79 Å². The summed E-state index contributed by atoms with van der Waals surface area (Å²) < 4.78 is 0. The van der Waals surface area contributed by atoms with E-state index in [9.17, 15) is 9.90 Å². The van der Waals surface area contributed by atoms with E-state index in [0.717, 1.165) is 30.8 Å². The Bertz CT molecular complexity index is 1010. The Kier molecular flexibility index (Phi) is 7.00. The van der Waals surface area contributed by atoms with Crippen LogP contribution in [0.3, 0.4) is 0 Å². The van der Waals surface area contributed by atoms with Crippen LogP contribution < -0.4 is 5.32 Å². The van der Waals surface area contributed by atoms with Crippen molar-refractivity contribution in [3.63, 3.8) is 0 Å². The number of hydrogen-bond acceptors (Lipinski definition) is 3. The first-order valence-electron chi connectivity index (χ1n) is 12.1. The number of carboxylic acid groups (broad SMARTS) is 1. The fourth-order valence-corrected chi connectivity index (χ4v) is 5.44. The van der Waals surface area contributed by atoms with Crippen LogP contribution in [0.5, 0.6) is 0 Å². The maximum Gasteiger partial charge on any atom is 0.335 e. The van der Waals surface area contributed by atoms with Crippen molar-refractivity contribution in [3.05, 3.63) is 75.5 Å². The second kappa shape index (κ2) is 9.91. The second-order valence-electron chi connectivity index (χ2n) is 9.29. The molecule has 1 aromatic carbocycles. The first kappa shape index (κ1) is 22.6. The summed E-state index contributed by atoms with van der Waals surface area (Å²) in [4.78, 5) is 14.1. The maximum absolute atomic E-state index is 11.4. The van der Waals surface area contributed by atoms with Gasteiger partial charge in [0.15, 0.2) is 0 Å². The van der Waals surface area contributed by atoms with Crippen LogP contribution in [0.1, 0.15) is 81.6 Å². The number of nitrogens with one attached hydrogen (secondary N) is 1. The number of carbonyl (C=O) groups is 1. The molecule has 2 N–H and O–H groups in total. The zero-order valence-corrected chi connectivity index (χ0v) is 19.7. The van der Waals surface area contributed by atoms with Crippen LogP contribution in [0, 0.1) is 0 Å². The SMILES string of the molecule is C/C=C(\NC1=C(C)CCN(C2CCC3=CCCC(CC)=C3C2)C1)c1cccc(C(=O)O)c1. The van der Waals surface area contributed by atoms with Crippen LogP contribution in [-0.4, -0.2) is 35.1 Å². The molecule has 3 aliphatic rings. The highest BCUT2D eigenvalue weighted by Gasteiger charge is 2.30. The second-order valence-corrected chi connectivity index (χ2v) is 9.29. The Labute approximate surface area is 192 Å². The quantitative estimate of drug-likeness (QED) is 0.554. The van der Waals surface area contributed by atoms with E-state index in [0.29, 0.717) is 11.6 Å². The molecule has 1 saturated carbocycles. The van der Waals surface area contributed by atoms with E-state index in [4.69, 9.17) is 0 Å². The van der Waals surface area contributed by atoms with Crippen molar-refractivity contribution in [1.82, 2.24) is 10.2 Å². The molecule has 170 valence electrons. The average Bonchev–Trinajstić information content (AvgIpc) is 2.82. The van der Waals surface area contributed by atoms with Crippen molar-refractivity contribution in [2.24, 2.45) is 0 Å². The molecule has 1 aromatic rings. The summed E-state index contributed by atoms with van der Waals surface area (Å²) in [5.74, 6) is -0.893. The van der Waals surface area contributed by atoms with Crippen molar-refractivity contribution in [3.8, 4) is 0 Å². The summed E-state index contributed by atoms with van der Waals surface area (Å²) >= 11 is 0. The molecule has 32 heavy (non-hydrogen) atoms. The van der Waals surface area contributed by atoms with Gasteiger partial charge < -0.3 is 10.4 Å². The van der Waals surface area contributed by atoms with Crippen molar-refractivity contribution in [2.45, 2.75) is 71.8 Å². The average molecular weight is 433 g/mol. The Balaban J connectivity index is 1.49. The zero-order valence-electron chi connectivity index (χ0n) is 19.7. The Morgan fingerprint density at radius 1 is 1.25 bits per heavy atom. The summed E-state index contributed by atoms with van der Waals surface area (Å²) in [5, 5.41) is 13.0. The number of nitrogens with zero attached hydrogens (tertiary/aromatic N) is 1. The number of fused-ring (bicyclic) bond motifs is 1. The summed E-state index contributed by atoms with van der Waals surface area (Å²) in [6.45, 7) is 8.58. The highest BCUT2D eigenvalue weighted by Crippen LogP contribution is 2.39. The summed E-state index contributed by atoms with van der Waals surface area (Å²) in [5.41, 5.74) is 9.84. The lowest BCUT2D eigenvalue weighted by molar-refractivity contribution is 0.0697. The first-order chi connectivity index (χ1) is 15.5. The molecule has 1 heterocycles. The molecule has 0 spiro atoms. The molecule has 1 fully saturated rings. The number of rotatable bonds is 6. The standard InChI is InChI=1S/C28H36N2O2/c1-4-20-8-6-9-21-12-13-24(17-25(20)21)30-15-14-19(3)27(18-30)29-26(5-2)22-10-7-11-23(16-22)28(31)32/h5,7,9-11,16,24,29H,4,6,8,12-15,17-18H2,1-3H3,(H,31,32)/b26-5-. The van der Waals surface area contributed by atoms with Gasteiger partial charge >= 0.3 is 5.97 Å². The van der Waals surface area contributed by atoms with Crippen LogP contribution >= 0.6 is 0 Å². The number of hydrogen-bond donors (Lipinski definition) is 2. The van der Waals surface area contributed by atoms with Gasteiger partial charge in [-0.3, -0.25) is 4.90 Å². The minimum atomic E-state index is -0.893. The minimum Gasteiger partial charge on any atom is -0.478 e. The summed E-state index contributed by atoms with van der Waals surface area (Å²) in [6, 6.07) is 7.79. The number of benzene rings is 1. The van der Waals surface area contributed by atoms with Gasteiger partial charge in [0, 0.05) is 30.5 Å². The number of allylic oxidation sites excluding steroid dienone is 4. The maximum atomic E-state index is 11.4. The predicted molar refractivity (Wildman–Crippen MR) is 131 cm³/mol. The molecule has 4 nitrogen and oxygen atoms in total. The first-order valence-corrected chi connectivity index (χ1v) is 12.1. The van der Waals surface area contributed by atoms with E-state index >= 15 is 0 Å². The van der Waals surface area contributed by atoms with Gasteiger partial charge in [0.05, 0.1) is 5.56 Å². The molecule has 4 heteroatoms. The molecule has 0 amide bonds. The monoisotopic (exact) mass is 432 g/mol. The van der Waals surface area contributed by atoms with E-state index in [1.54, 1.807) is 28.9 Å². The highest BCUT2D eigenvalue weighted by atomic mass is 16.4. The van der Waals surface area contributed by atoms with Gasteiger partial charge in [-0.15, -0.1) is 0 Å². The minimum absolute atomic E-state index is 0.318. The Morgan fingerprint density at radius 2 is 2.06 bits per heavy atom. The van der Waals surface area contributed by atoms with Crippen molar-refractivity contribution in [1.29, 1.82) is 0 Å². The van der Waals surface area contributed by atoms with Gasteiger partial charge in [-0.05, 0) is 87.6 Å². The van der Waals surface area contributed by atoms with Gasteiger partial charge in [0.1, 0.15) is 0 Å². The molecule has 1 atom stereocenters. The Morgan fingerprint density at radius 3 is 2.81 bits per heavy atom. The smallest absolute Gasteiger partial charge is 0.335 e. The molecule has 0 aromatic heterocycles. The van der Waals surface area contributed by atoms with Crippen molar-refractivity contribution in [2.75, 3.05) is 13.1 Å². The Hall–Kier alpha value is -2.59. The van der Waals surface area contributed by atoms with E-state index in [2.05, 4.69) is 30.1 Å². The van der Waals surface area contributed by atoms with Crippen LogP contribution in [0.2, 0.25) is 0 Å². The lowest BCUT2D eigenvalue weighted by atomic mass is 9.78. The molecule has 0 bridgehead atoms. The lowest BCUT2D eigenvalue weighted by Gasteiger charge is -2.41. The predicted octanol–water partition coefficient (Wildman–Crippen LogP) is 6.29. The lowest BCUT2D eigenvalue weighted by Crippen LogP contribution is -2.44. The van der Waals surface area contributed by atoms with Gasteiger partial charge in [-0.2, -0.15) is 0 Å². The fourth-order valence-electron chi connectivity index (χ4n) is 5.44. The number of aromatic carboxylic acids is 1. The molecule has 4 rings (SSSR count). The number of carboxylic acids is 1. The third-order valence-corrected chi connectivity index (χ3v) is 7.43. The third kappa shape index (κ3) is 4.75. The van der Waals surface area contributed by atoms with Crippen LogP contribution in [0.25, 0.3) is 5.70 Å². The molecular weight excluding hydrogens is 396 g/mol. The van der Waals surface area contributed by atoms with Crippen molar-refractivity contribution >= 4 is 11.7 Å². The molecule has 1 unspecified atom stereocenters. The van der Waals surface area contributed by atoms with Gasteiger partial charge in [0.25, 0.3) is 0 Å². The molecule has 2 aliphatic carbocycles.